The minimum absolute atomic E-state index is 0.0574. The van der Waals surface area contributed by atoms with E-state index in [4.69, 9.17) is 0 Å². The maximum absolute atomic E-state index is 12.2. The van der Waals surface area contributed by atoms with Crippen LogP contribution in [0.4, 0.5) is 11.4 Å². The highest BCUT2D eigenvalue weighted by atomic mass is 32.2. The van der Waals surface area contributed by atoms with Crippen LogP contribution in [0.3, 0.4) is 0 Å². The van der Waals surface area contributed by atoms with E-state index in [1.54, 1.807) is 48.0 Å². The first-order valence-corrected chi connectivity index (χ1v) is 9.63. The van der Waals surface area contributed by atoms with Gasteiger partial charge in [0.15, 0.2) is 5.78 Å². The molecule has 142 valence electrons. The number of hydrogen-bond donors (Lipinski definition) is 2. The van der Waals surface area contributed by atoms with Gasteiger partial charge in [0.25, 0.3) is 0 Å². The molecule has 2 aromatic carbocycles. The molecule has 0 aliphatic heterocycles. The summed E-state index contributed by atoms with van der Waals surface area (Å²) >= 11 is 1.55. The Balaban J connectivity index is 1.86. The van der Waals surface area contributed by atoms with Crippen molar-refractivity contribution in [1.82, 2.24) is 4.90 Å². The molecule has 0 radical (unpaired) electrons. The highest BCUT2D eigenvalue weighted by Crippen LogP contribution is 2.24. The molecule has 0 fully saturated rings. The number of nitrogens with zero attached hydrogens (tertiary/aromatic N) is 1. The summed E-state index contributed by atoms with van der Waals surface area (Å²) in [6, 6.07) is 14.3. The number of thioether (sulfide) groups is 1. The Morgan fingerprint density at radius 2 is 1.63 bits per heavy atom. The zero-order valence-electron chi connectivity index (χ0n) is 15.6. The second-order valence-corrected chi connectivity index (χ2v) is 6.95. The van der Waals surface area contributed by atoms with Gasteiger partial charge in [-0.25, -0.2) is 0 Å². The Bertz CT molecular complexity index is 839. The summed E-state index contributed by atoms with van der Waals surface area (Å²) in [6.07, 6.45) is 1.95. The molecule has 0 spiro atoms. The van der Waals surface area contributed by atoms with Gasteiger partial charge in [-0.1, -0.05) is 24.3 Å². The Kier molecular flexibility index (Phi) is 7.57. The monoisotopic (exact) mass is 385 g/mol. The second-order valence-electron chi connectivity index (χ2n) is 6.11. The fourth-order valence-corrected chi connectivity index (χ4v) is 3.05. The van der Waals surface area contributed by atoms with Gasteiger partial charge in [-0.05, 0) is 44.5 Å². The van der Waals surface area contributed by atoms with E-state index in [-0.39, 0.29) is 30.7 Å². The predicted octanol–water partition coefficient (Wildman–Crippen LogP) is 3.12. The fraction of sp³-hybridized carbons (Fsp3) is 0.250. The van der Waals surface area contributed by atoms with Crippen LogP contribution < -0.4 is 10.6 Å². The van der Waals surface area contributed by atoms with Crippen LogP contribution in [0.1, 0.15) is 17.3 Å². The maximum Gasteiger partial charge on any atom is 0.238 e. The van der Waals surface area contributed by atoms with Crippen LogP contribution >= 0.6 is 11.8 Å². The number of hydrogen-bond acceptors (Lipinski definition) is 5. The lowest BCUT2D eigenvalue weighted by Crippen LogP contribution is -2.36. The van der Waals surface area contributed by atoms with Crippen molar-refractivity contribution in [2.75, 3.05) is 37.0 Å². The molecule has 6 nitrogen and oxygen atoms in total. The van der Waals surface area contributed by atoms with E-state index in [0.29, 0.717) is 11.3 Å². The zero-order chi connectivity index (χ0) is 19.8. The van der Waals surface area contributed by atoms with E-state index in [1.165, 1.54) is 6.92 Å². The fourth-order valence-electron chi connectivity index (χ4n) is 2.50. The van der Waals surface area contributed by atoms with Gasteiger partial charge in [0, 0.05) is 16.1 Å². The molecule has 0 atom stereocenters. The van der Waals surface area contributed by atoms with Gasteiger partial charge >= 0.3 is 0 Å². The average molecular weight is 385 g/mol. The number of Topliss-reactive ketones (excluding diaryl/α,β-unsaturated/α-hetero) is 1. The van der Waals surface area contributed by atoms with Gasteiger partial charge in [0.2, 0.25) is 11.8 Å². The number of ketones is 1. The molecule has 0 saturated carbocycles. The molecule has 0 bridgehead atoms. The van der Waals surface area contributed by atoms with Crippen molar-refractivity contribution in [2.45, 2.75) is 11.8 Å². The lowest BCUT2D eigenvalue weighted by atomic mass is 10.1. The van der Waals surface area contributed by atoms with Gasteiger partial charge in [0.1, 0.15) is 0 Å². The molecular weight excluding hydrogens is 362 g/mol. The van der Waals surface area contributed by atoms with Crippen molar-refractivity contribution >= 4 is 40.7 Å². The largest absolute Gasteiger partial charge is 0.325 e. The van der Waals surface area contributed by atoms with Crippen LogP contribution in [-0.2, 0) is 9.59 Å². The van der Waals surface area contributed by atoms with Crippen LogP contribution in [-0.4, -0.2) is 48.9 Å². The molecule has 2 rings (SSSR count). The van der Waals surface area contributed by atoms with E-state index < -0.39 is 0 Å². The van der Waals surface area contributed by atoms with Crippen LogP contribution in [0.2, 0.25) is 0 Å². The summed E-state index contributed by atoms with van der Waals surface area (Å²) in [6.45, 7) is 1.62. The van der Waals surface area contributed by atoms with E-state index in [9.17, 15) is 14.4 Å². The third-order valence-electron chi connectivity index (χ3n) is 3.76. The number of para-hydroxylation sites is 1. The molecule has 2 N–H and O–H groups in total. The van der Waals surface area contributed by atoms with Crippen LogP contribution in [0.25, 0.3) is 0 Å². The highest BCUT2D eigenvalue weighted by molar-refractivity contribution is 7.98. The summed E-state index contributed by atoms with van der Waals surface area (Å²) in [7, 11) is 1.70. The first kappa shape index (κ1) is 20.7. The summed E-state index contributed by atoms with van der Waals surface area (Å²) in [5.41, 5.74) is 1.85. The Labute approximate surface area is 163 Å². The number of carbonyl (C=O) groups is 3. The average Bonchev–Trinajstić information content (AvgIpc) is 2.61. The maximum atomic E-state index is 12.2. The molecule has 0 unspecified atom stereocenters. The third kappa shape index (κ3) is 6.54. The van der Waals surface area contributed by atoms with Gasteiger partial charge in [-0.3, -0.25) is 19.3 Å². The number of benzene rings is 2. The zero-order valence-corrected chi connectivity index (χ0v) is 16.4. The lowest BCUT2D eigenvalue weighted by Gasteiger charge is -2.17. The minimum atomic E-state index is -0.254. The number of carbonyl (C=O) groups excluding carboxylic acids is 3. The van der Waals surface area contributed by atoms with Gasteiger partial charge in [-0.15, -0.1) is 11.8 Å². The van der Waals surface area contributed by atoms with E-state index >= 15 is 0 Å². The Hall–Kier alpha value is -2.64. The molecule has 2 aromatic rings. The smallest absolute Gasteiger partial charge is 0.238 e. The Morgan fingerprint density at radius 1 is 0.963 bits per heavy atom. The molecule has 0 saturated heterocycles. The third-order valence-corrected chi connectivity index (χ3v) is 4.56. The summed E-state index contributed by atoms with van der Waals surface area (Å²) in [4.78, 5) is 38.4. The quantitative estimate of drug-likeness (QED) is 0.539. The van der Waals surface area contributed by atoms with Crippen molar-refractivity contribution in [2.24, 2.45) is 0 Å². The number of anilines is 2. The second kappa shape index (κ2) is 9.89. The molecular formula is C20H23N3O3S. The van der Waals surface area contributed by atoms with Crippen LogP contribution in [0.15, 0.2) is 53.4 Å². The lowest BCUT2D eigenvalue weighted by molar-refractivity contribution is -0.119. The van der Waals surface area contributed by atoms with Crippen LogP contribution in [0, 0.1) is 0 Å². The normalized spacial score (nSPS) is 10.5. The van der Waals surface area contributed by atoms with Crippen molar-refractivity contribution < 1.29 is 14.4 Å². The van der Waals surface area contributed by atoms with E-state index in [1.807, 2.05) is 30.5 Å². The SMILES string of the molecule is CSc1ccccc1NC(=O)CN(C)CC(=O)Nc1cccc(C(C)=O)c1. The number of nitrogens with one attached hydrogen (secondary N) is 2. The molecule has 0 aromatic heterocycles. The topological polar surface area (TPSA) is 78.5 Å². The van der Waals surface area contributed by atoms with E-state index in [0.717, 1.165) is 10.6 Å². The van der Waals surface area contributed by atoms with Crippen molar-refractivity contribution in [3.05, 3.63) is 54.1 Å². The van der Waals surface area contributed by atoms with Crippen molar-refractivity contribution in [1.29, 1.82) is 0 Å². The van der Waals surface area contributed by atoms with Gasteiger partial charge in [0.05, 0.1) is 18.8 Å². The minimum Gasteiger partial charge on any atom is -0.325 e. The molecule has 2 amide bonds. The summed E-state index contributed by atoms with van der Waals surface area (Å²) in [5.74, 6) is -0.508. The highest BCUT2D eigenvalue weighted by Gasteiger charge is 2.13. The first-order valence-electron chi connectivity index (χ1n) is 8.41. The summed E-state index contributed by atoms with van der Waals surface area (Å²) < 4.78 is 0. The standard InChI is InChI=1S/C20H23N3O3S/c1-14(24)15-7-6-8-16(11-15)21-19(25)12-23(2)13-20(26)22-17-9-4-5-10-18(17)27-3/h4-11H,12-13H2,1-3H3,(H,21,25)(H,22,26). The van der Waals surface area contributed by atoms with Gasteiger partial charge < -0.3 is 10.6 Å². The number of amides is 2. The number of likely N-dealkylation sites (N-methyl/N-ethyl adjacent to an activating group) is 1. The Morgan fingerprint density at radius 3 is 2.30 bits per heavy atom. The van der Waals surface area contributed by atoms with Gasteiger partial charge in [-0.2, -0.15) is 0 Å². The number of rotatable bonds is 8. The first-order chi connectivity index (χ1) is 12.9. The van der Waals surface area contributed by atoms with Crippen LogP contribution in [0.5, 0.6) is 0 Å². The summed E-state index contributed by atoms with van der Waals surface area (Å²) in [5, 5.41) is 5.61. The van der Waals surface area contributed by atoms with E-state index in [2.05, 4.69) is 10.6 Å². The van der Waals surface area contributed by atoms with Crippen molar-refractivity contribution in [3.63, 3.8) is 0 Å². The predicted molar refractivity (Wildman–Crippen MR) is 109 cm³/mol. The molecule has 0 aliphatic carbocycles. The van der Waals surface area contributed by atoms with Crippen molar-refractivity contribution in [3.8, 4) is 0 Å². The molecule has 27 heavy (non-hydrogen) atoms. The molecule has 0 heterocycles. The molecule has 0 aliphatic rings. The molecule has 7 heteroatoms.